The van der Waals surface area contributed by atoms with Gasteiger partial charge in [-0.3, -0.25) is 0 Å². The molecule has 1 rings (SSSR count). The van der Waals surface area contributed by atoms with Gasteiger partial charge in [-0.25, -0.2) is 0 Å². The summed E-state index contributed by atoms with van der Waals surface area (Å²) in [5.74, 6) is 1.42. The number of hydrogen-bond donors (Lipinski definition) is 1. The van der Waals surface area contributed by atoms with Gasteiger partial charge in [-0.05, 0) is 30.1 Å². The molecule has 1 fully saturated rings. The Bertz CT molecular complexity index is 174. The second-order valence-electron chi connectivity index (χ2n) is 5.80. The minimum atomic E-state index is 0.412. The van der Waals surface area contributed by atoms with Gasteiger partial charge in [0.15, 0.2) is 0 Å². The minimum Gasteiger partial charge on any atom is -0.327 e. The Morgan fingerprint density at radius 2 is 2.00 bits per heavy atom. The van der Waals surface area contributed by atoms with Crippen molar-refractivity contribution < 1.29 is 0 Å². The largest absolute Gasteiger partial charge is 0.327 e. The Morgan fingerprint density at radius 1 is 1.36 bits per heavy atom. The maximum atomic E-state index is 6.38. The molecule has 0 aromatic carbocycles. The quantitative estimate of drug-likeness (QED) is 0.735. The van der Waals surface area contributed by atoms with Gasteiger partial charge in [0.25, 0.3) is 0 Å². The van der Waals surface area contributed by atoms with E-state index in [1.165, 1.54) is 32.1 Å². The average Bonchev–Trinajstić information content (AvgIpc) is 2.15. The Hall–Kier alpha value is -0.0400. The van der Waals surface area contributed by atoms with Crippen LogP contribution in [0.1, 0.15) is 59.8 Å². The molecule has 1 heteroatoms. The average molecular weight is 197 g/mol. The summed E-state index contributed by atoms with van der Waals surface area (Å²) >= 11 is 0. The molecule has 1 aliphatic carbocycles. The van der Waals surface area contributed by atoms with Crippen LogP contribution in [-0.4, -0.2) is 6.04 Å². The van der Waals surface area contributed by atoms with Crippen LogP contribution in [0.2, 0.25) is 0 Å². The Morgan fingerprint density at radius 3 is 2.50 bits per heavy atom. The first-order valence-electron chi connectivity index (χ1n) is 6.24. The summed E-state index contributed by atoms with van der Waals surface area (Å²) in [6.07, 6.45) is 6.71. The first kappa shape index (κ1) is 12.0. The summed E-state index contributed by atoms with van der Waals surface area (Å²) in [5.41, 5.74) is 6.85. The summed E-state index contributed by atoms with van der Waals surface area (Å²) in [5, 5.41) is 0. The highest BCUT2D eigenvalue weighted by Crippen LogP contribution is 2.43. The van der Waals surface area contributed by atoms with Crippen LogP contribution in [-0.2, 0) is 0 Å². The third kappa shape index (κ3) is 2.50. The third-order valence-corrected chi connectivity index (χ3v) is 4.36. The monoisotopic (exact) mass is 197 g/mol. The van der Waals surface area contributed by atoms with Crippen molar-refractivity contribution in [3.63, 3.8) is 0 Å². The molecular weight excluding hydrogens is 170 g/mol. The summed E-state index contributed by atoms with van der Waals surface area (Å²) in [6.45, 7) is 9.35. The van der Waals surface area contributed by atoms with E-state index in [4.69, 9.17) is 5.73 Å². The van der Waals surface area contributed by atoms with Crippen molar-refractivity contribution in [1.82, 2.24) is 0 Å². The molecule has 0 amide bonds. The highest BCUT2D eigenvalue weighted by Gasteiger charge is 2.37. The lowest BCUT2D eigenvalue weighted by molar-refractivity contribution is 0.0923. The van der Waals surface area contributed by atoms with E-state index in [1.807, 2.05) is 0 Å². The lowest BCUT2D eigenvalue weighted by atomic mass is 9.64. The molecule has 0 heterocycles. The summed E-state index contributed by atoms with van der Waals surface area (Å²) in [7, 11) is 0. The molecular formula is C13H27N. The van der Waals surface area contributed by atoms with Gasteiger partial charge >= 0.3 is 0 Å². The van der Waals surface area contributed by atoms with Crippen molar-refractivity contribution in [1.29, 1.82) is 0 Å². The van der Waals surface area contributed by atoms with Crippen LogP contribution in [0.25, 0.3) is 0 Å². The van der Waals surface area contributed by atoms with Gasteiger partial charge < -0.3 is 5.73 Å². The molecule has 3 atom stereocenters. The van der Waals surface area contributed by atoms with Crippen molar-refractivity contribution in [2.75, 3.05) is 0 Å². The number of nitrogens with two attached hydrogens (primary N) is 1. The van der Waals surface area contributed by atoms with Crippen LogP contribution in [0.15, 0.2) is 0 Å². The highest BCUT2D eigenvalue weighted by atomic mass is 14.7. The molecule has 3 unspecified atom stereocenters. The van der Waals surface area contributed by atoms with Gasteiger partial charge in [0.1, 0.15) is 0 Å². The van der Waals surface area contributed by atoms with Crippen LogP contribution >= 0.6 is 0 Å². The molecule has 0 aliphatic heterocycles. The van der Waals surface area contributed by atoms with E-state index in [9.17, 15) is 0 Å². The molecule has 0 saturated heterocycles. The fourth-order valence-electron chi connectivity index (χ4n) is 2.90. The van der Waals surface area contributed by atoms with E-state index in [1.54, 1.807) is 0 Å². The Balaban J connectivity index is 2.64. The normalized spacial score (nSPS) is 31.1. The molecule has 0 bridgehead atoms. The number of hydrogen-bond acceptors (Lipinski definition) is 1. The van der Waals surface area contributed by atoms with E-state index in [0.717, 1.165) is 5.92 Å². The Labute approximate surface area is 89.5 Å². The second kappa shape index (κ2) is 4.65. The second-order valence-corrected chi connectivity index (χ2v) is 5.80. The first-order valence-corrected chi connectivity index (χ1v) is 6.24. The number of rotatable bonds is 3. The zero-order valence-electron chi connectivity index (χ0n) is 10.3. The molecule has 1 nitrogen and oxygen atoms in total. The van der Waals surface area contributed by atoms with Gasteiger partial charge in [-0.2, -0.15) is 0 Å². The minimum absolute atomic E-state index is 0.412. The summed E-state index contributed by atoms with van der Waals surface area (Å²) < 4.78 is 0. The first-order chi connectivity index (χ1) is 6.49. The van der Waals surface area contributed by atoms with Crippen molar-refractivity contribution in [3.8, 4) is 0 Å². The molecule has 0 radical (unpaired) electrons. The lowest BCUT2D eigenvalue weighted by Crippen LogP contribution is -2.45. The molecule has 84 valence electrons. The summed E-state index contributed by atoms with van der Waals surface area (Å²) in [4.78, 5) is 0. The van der Waals surface area contributed by atoms with Crippen LogP contribution < -0.4 is 5.73 Å². The molecule has 0 aromatic heterocycles. The van der Waals surface area contributed by atoms with E-state index < -0.39 is 0 Å². The molecule has 14 heavy (non-hydrogen) atoms. The molecule has 1 saturated carbocycles. The SMILES string of the molecule is CCC(C)C(N)C1CCCCC1(C)C. The topological polar surface area (TPSA) is 26.0 Å². The van der Waals surface area contributed by atoms with Gasteiger partial charge in [0.05, 0.1) is 0 Å². The van der Waals surface area contributed by atoms with E-state index >= 15 is 0 Å². The predicted octanol–water partition coefficient (Wildman–Crippen LogP) is 3.58. The van der Waals surface area contributed by atoms with Crippen molar-refractivity contribution >= 4 is 0 Å². The standard InChI is InChI=1S/C13H27N/c1-5-10(2)12(14)11-8-6-7-9-13(11,3)4/h10-12H,5-9,14H2,1-4H3. The van der Waals surface area contributed by atoms with Crippen molar-refractivity contribution in [2.24, 2.45) is 23.0 Å². The van der Waals surface area contributed by atoms with Crippen molar-refractivity contribution in [3.05, 3.63) is 0 Å². The molecule has 0 aromatic rings. The predicted molar refractivity (Wildman–Crippen MR) is 63.2 cm³/mol. The van der Waals surface area contributed by atoms with Crippen LogP contribution in [0, 0.1) is 17.3 Å². The summed E-state index contributed by atoms with van der Waals surface area (Å²) in [6, 6.07) is 0.412. The molecule has 2 N–H and O–H groups in total. The third-order valence-electron chi connectivity index (χ3n) is 4.36. The molecule has 0 spiro atoms. The zero-order valence-corrected chi connectivity index (χ0v) is 10.3. The maximum Gasteiger partial charge on any atom is 0.00979 e. The van der Waals surface area contributed by atoms with E-state index in [-0.39, 0.29) is 0 Å². The molecule has 1 aliphatic rings. The maximum absolute atomic E-state index is 6.38. The van der Waals surface area contributed by atoms with Crippen LogP contribution in [0.4, 0.5) is 0 Å². The van der Waals surface area contributed by atoms with Crippen LogP contribution in [0.5, 0.6) is 0 Å². The van der Waals surface area contributed by atoms with Gasteiger partial charge in [0, 0.05) is 6.04 Å². The smallest absolute Gasteiger partial charge is 0.00979 e. The zero-order chi connectivity index (χ0) is 10.8. The van der Waals surface area contributed by atoms with Crippen molar-refractivity contribution in [2.45, 2.75) is 65.8 Å². The lowest BCUT2D eigenvalue weighted by Gasteiger charge is -2.43. The van der Waals surface area contributed by atoms with Crippen LogP contribution in [0.3, 0.4) is 0 Å². The van der Waals surface area contributed by atoms with Gasteiger partial charge in [0.2, 0.25) is 0 Å². The van der Waals surface area contributed by atoms with E-state index in [0.29, 0.717) is 17.4 Å². The fourth-order valence-corrected chi connectivity index (χ4v) is 2.90. The highest BCUT2D eigenvalue weighted by molar-refractivity contribution is 4.90. The van der Waals surface area contributed by atoms with E-state index in [2.05, 4.69) is 27.7 Å². The van der Waals surface area contributed by atoms with Gasteiger partial charge in [-0.1, -0.05) is 47.0 Å². The van der Waals surface area contributed by atoms with Gasteiger partial charge in [-0.15, -0.1) is 0 Å². The Kier molecular flexibility index (Phi) is 4.00. The fraction of sp³-hybridized carbons (Fsp3) is 1.00.